The number of anilines is 1. The highest BCUT2D eigenvalue weighted by molar-refractivity contribution is 8.00. The van der Waals surface area contributed by atoms with E-state index < -0.39 is 0 Å². The molecule has 0 radical (unpaired) electrons. The van der Waals surface area contributed by atoms with Gasteiger partial charge in [0.25, 0.3) is 0 Å². The average Bonchev–Trinajstić information content (AvgIpc) is 3.01. The smallest absolute Gasteiger partial charge is 0.234 e. The number of carbonyl (C=O) groups excluding carboxylic acids is 1. The van der Waals surface area contributed by atoms with Gasteiger partial charge in [-0.1, -0.05) is 18.2 Å². The quantitative estimate of drug-likeness (QED) is 0.654. The molecule has 1 aromatic heterocycles. The van der Waals surface area contributed by atoms with Crippen molar-refractivity contribution < 1.29 is 4.79 Å². The number of likely N-dealkylation sites (N-methyl/N-ethyl adjacent to an activating group) is 1. The third-order valence-electron chi connectivity index (χ3n) is 3.96. The van der Waals surface area contributed by atoms with E-state index in [1.165, 1.54) is 5.52 Å². The molecule has 130 valence electrons. The Morgan fingerprint density at radius 1 is 1.12 bits per heavy atom. The van der Waals surface area contributed by atoms with E-state index in [2.05, 4.69) is 47.2 Å². The molecular formula is C20H23N3OS. The fourth-order valence-corrected chi connectivity index (χ4v) is 3.36. The van der Waals surface area contributed by atoms with Crippen molar-refractivity contribution in [2.24, 2.45) is 0 Å². The average molecular weight is 353 g/mol. The van der Waals surface area contributed by atoms with Crippen LogP contribution in [0.5, 0.6) is 0 Å². The summed E-state index contributed by atoms with van der Waals surface area (Å²) in [4.78, 5) is 15.4. The highest BCUT2D eigenvalue weighted by Gasteiger charge is 2.06. The molecule has 0 spiro atoms. The minimum atomic E-state index is 0.0141. The van der Waals surface area contributed by atoms with Crippen LogP contribution in [0.15, 0.2) is 65.7 Å². The Bertz CT molecular complexity index is 843. The zero-order valence-corrected chi connectivity index (χ0v) is 15.4. The number of benzene rings is 2. The van der Waals surface area contributed by atoms with Crippen LogP contribution in [0.2, 0.25) is 0 Å². The van der Waals surface area contributed by atoms with E-state index in [-0.39, 0.29) is 5.91 Å². The van der Waals surface area contributed by atoms with Gasteiger partial charge in [-0.25, -0.2) is 0 Å². The Balaban J connectivity index is 1.61. The minimum Gasteiger partial charge on any atom is -0.346 e. The summed E-state index contributed by atoms with van der Waals surface area (Å²) in [5, 5.41) is 4.13. The second kappa shape index (κ2) is 8.23. The zero-order chi connectivity index (χ0) is 17.6. The number of aromatic nitrogens is 1. The van der Waals surface area contributed by atoms with Gasteiger partial charge < -0.3 is 14.8 Å². The normalized spacial score (nSPS) is 11.2. The number of thioether (sulfide) groups is 1. The van der Waals surface area contributed by atoms with Crippen molar-refractivity contribution in [2.75, 3.05) is 31.7 Å². The molecule has 2 aromatic carbocycles. The Morgan fingerprint density at radius 3 is 2.68 bits per heavy atom. The second-order valence-corrected chi connectivity index (χ2v) is 7.28. The van der Waals surface area contributed by atoms with Gasteiger partial charge in [-0.2, -0.15) is 0 Å². The molecule has 3 rings (SSSR count). The third kappa shape index (κ3) is 4.87. The number of fused-ring (bicyclic) bond motifs is 1. The Hall–Kier alpha value is -2.24. The maximum absolute atomic E-state index is 12.2. The van der Waals surface area contributed by atoms with Crippen molar-refractivity contribution in [3.63, 3.8) is 0 Å². The predicted molar refractivity (Wildman–Crippen MR) is 106 cm³/mol. The molecule has 1 amide bonds. The molecule has 1 N–H and O–H groups in total. The SMILES string of the molecule is CN(C)CCn1ccc2cc(NC(=O)CSc3ccccc3)ccc21. The highest BCUT2D eigenvalue weighted by Crippen LogP contribution is 2.22. The van der Waals surface area contributed by atoms with Crippen molar-refractivity contribution in [3.05, 3.63) is 60.8 Å². The summed E-state index contributed by atoms with van der Waals surface area (Å²) in [5.74, 6) is 0.423. The van der Waals surface area contributed by atoms with Gasteiger partial charge in [-0.05, 0) is 50.5 Å². The molecule has 0 atom stereocenters. The predicted octanol–water partition coefficient (Wildman–Crippen LogP) is 3.93. The number of rotatable bonds is 7. The first kappa shape index (κ1) is 17.6. The standard InChI is InChI=1S/C20H23N3OS/c1-22(2)12-13-23-11-10-16-14-17(8-9-19(16)23)21-20(24)15-25-18-6-4-3-5-7-18/h3-11,14H,12-13,15H2,1-2H3,(H,21,24). The molecular weight excluding hydrogens is 330 g/mol. The largest absolute Gasteiger partial charge is 0.346 e. The molecule has 3 aromatic rings. The third-order valence-corrected chi connectivity index (χ3v) is 4.97. The summed E-state index contributed by atoms with van der Waals surface area (Å²) in [7, 11) is 4.15. The van der Waals surface area contributed by atoms with E-state index in [9.17, 15) is 4.79 Å². The number of nitrogens with zero attached hydrogens (tertiary/aromatic N) is 2. The van der Waals surface area contributed by atoms with Gasteiger partial charge in [-0.3, -0.25) is 4.79 Å². The highest BCUT2D eigenvalue weighted by atomic mass is 32.2. The van der Waals surface area contributed by atoms with E-state index in [1.807, 2.05) is 42.5 Å². The fourth-order valence-electron chi connectivity index (χ4n) is 2.64. The van der Waals surface area contributed by atoms with Gasteiger partial charge in [0.1, 0.15) is 0 Å². The molecule has 0 fully saturated rings. The molecule has 1 heterocycles. The molecule has 0 aliphatic carbocycles. The number of hydrogen-bond donors (Lipinski definition) is 1. The molecule has 25 heavy (non-hydrogen) atoms. The first-order chi connectivity index (χ1) is 12.1. The first-order valence-corrected chi connectivity index (χ1v) is 9.32. The van der Waals surface area contributed by atoms with Gasteiger partial charge in [0.15, 0.2) is 0 Å². The molecule has 0 saturated heterocycles. The van der Waals surface area contributed by atoms with E-state index in [0.717, 1.165) is 29.1 Å². The van der Waals surface area contributed by atoms with Gasteiger partial charge >= 0.3 is 0 Å². The van der Waals surface area contributed by atoms with Crippen molar-refractivity contribution in [1.82, 2.24) is 9.47 Å². The van der Waals surface area contributed by atoms with E-state index in [1.54, 1.807) is 11.8 Å². The Labute approximate surface area is 152 Å². The van der Waals surface area contributed by atoms with E-state index >= 15 is 0 Å². The van der Waals surface area contributed by atoms with Crippen LogP contribution in [0.4, 0.5) is 5.69 Å². The summed E-state index contributed by atoms with van der Waals surface area (Å²) < 4.78 is 2.24. The van der Waals surface area contributed by atoms with Crippen LogP contribution in [0.1, 0.15) is 0 Å². The van der Waals surface area contributed by atoms with Gasteiger partial charge in [0.2, 0.25) is 5.91 Å². The lowest BCUT2D eigenvalue weighted by Gasteiger charge is -2.11. The van der Waals surface area contributed by atoms with Crippen LogP contribution in [0.25, 0.3) is 10.9 Å². The summed E-state index contributed by atoms with van der Waals surface area (Å²) in [6.45, 7) is 1.95. The summed E-state index contributed by atoms with van der Waals surface area (Å²) in [6.07, 6.45) is 2.10. The Kier molecular flexibility index (Phi) is 5.79. The first-order valence-electron chi connectivity index (χ1n) is 8.33. The van der Waals surface area contributed by atoms with Crippen LogP contribution < -0.4 is 5.32 Å². The molecule has 0 aliphatic rings. The van der Waals surface area contributed by atoms with E-state index in [0.29, 0.717) is 5.75 Å². The molecule has 5 heteroatoms. The van der Waals surface area contributed by atoms with Gasteiger partial charge in [0.05, 0.1) is 5.75 Å². The summed E-state index contributed by atoms with van der Waals surface area (Å²) >= 11 is 1.54. The fraction of sp³-hybridized carbons (Fsp3) is 0.250. The summed E-state index contributed by atoms with van der Waals surface area (Å²) in [6, 6.07) is 18.1. The molecule has 0 bridgehead atoms. The number of carbonyl (C=O) groups is 1. The van der Waals surface area contributed by atoms with Crippen molar-refractivity contribution in [1.29, 1.82) is 0 Å². The van der Waals surface area contributed by atoms with Gasteiger partial charge in [0, 0.05) is 40.8 Å². The zero-order valence-electron chi connectivity index (χ0n) is 14.6. The Morgan fingerprint density at radius 2 is 1.92 bits per heavy atom. The van der Waals surface area contributed by atoms with Crippen molar-refractivity contribution in [2.45, 2.75) is 11.4 Å². The van der Waals surface area contributed by atoms with Gasteiger partial charge in [-0.15, -0.1) is 11.8 Å². The van der Waals surface area contributed by atoms with Crippen LogP contribution in [-0.2, 0) is 11.3 Å². The van der Waals surface area contributed by atoms with Crippen molar-refractivity contribution in [3.8, 4) is 0 Å². The molecule has 0 saturated carbocycles. The number of hydrogen-bond acceptors (Lipinski definition) is 3. The lowest BCUT2D eigenvalue weighted by Crippen LogP contribution is -2.17. The van der Waals surface area contributed by atoms with Crippen LogP contribution in [0.3, 0.4) is 0 Å². The maximum Gasteiger partial charge on any atom is 0.234 e. The lowest BCUT2D eigenvalue weighted by molar-refractivity contribution is -0.113. The summed E-state index contributed by atoms with van der Waals surface area (Å²) in [5.41, 5.74) is 2.04. The molecule has 0 unspecified atom stereocenters. The van der Waals surface area contributed by atoms with E-state index in [4.69, 9.17) is 0 Å². The maximum atomic E-state index is 12.2. The van der Waals surface area contributed by atoms with Crippen LogP contribution >= 0.6 is 11.8 Å². The van der Waals surface area contributed by atoms with Crippen molar-refractivity contribution >= 4 is 34.3 Å². The van der Waals surface area contributed by atoms with Crippen LogP contribution in [0, 0.1) is 0 Å². The lowest BCUT2D eigenvalue weighted by atomic mass is 10.2. The number of amides is 1. The molecule has 4 nitrogen and oxygen atoms in total. The second-order valence-electron chi connectivity index (χ2n) is 6.24. The number of nitrogens with one attached hydrogen (secondary N) is 1. The van der Waals surface area contributed by atoms with Crippen LogP contribution in [-0.4, -0.2) is 41.8 Å². The minimum absolute atomic E-state index is 0.0141. The topological polar surface area (TPSA) is 37.3 Å². The molecule has 0 aliphatic heterocycles. The monoisotopic (exact) mass is 353 g/mol.